The number of hydrogen-bond donors (Lipinski definition) is 3. The molecule has 3 unspecified atom stereocenters. The third-order valence-electron chi connectivity index (χ3n) is 12.0. The summed E-state index contributed by atoms with van der Waals surface area (Å²) in [6.45, 7) is 3.93. The summed E-state index contributed by atoms with van der Waals surface area (Å²) >= 11 is 0. The van der Waals surface area contributed by atoms with E-state index in [2.05, 4.69) is 38.2 Å². The average Bonchev–Trinajstić information content (AvgIpc) is 3.28. The highest BCUT2D eigenvalue weighted by molar-refractivity contribution is 7.47. The van der Waals surface area contributed by atoms with Crippen LogP contribution >= 0.6 is 7.82 Å². The van der Waals surface area contributed by atoms with Crippen molar-refractivity contribution in [3.8, 4) is 0 Å². The maximum Gasteiger partial charge on any atom is 0.472 e. The van der Waals surface area contributed by atoms with Gasteiger partial charge in [0.2, 0.25) is 0 Å². The fourth-order valence-corrected chi connectivity index (χ4v) is 8.59. The molecule has 0 heterocycles. The van der Waals surface area contributed by atoms with Crippen LogP contribution in [0.2, 0.25) is 0 Å². The number of carboxylic acid groups (broad SMARTS) is 1. The van der Waals surface area contributed by atoms with Gasteiger partial charge in [0.1, 0.15) is 12.1 Å². The van der Waals surface area contributed by atoms with Crippen molar-refractivity contribution in [1.82, 2.24) is 0 Å². The molecule has 0 aliphatic carbocycles. The Morgan fingerprint density at radius 2 is 0.859 bits per heavy atom. The van der Waals surface area contributed by atoms with Crippen molar-refractivity contribution in [3.05, 3.63) is 24.3 Å². The van der Waals surface area contributed by atoms with Crippen molar-refractivity contribution < 1.29 is 42.7 Å². The Morgan fingerprint density at radius 1 is 0.500 bits per heavy atom. The molecule has 0 spiro atoms. The first-order valence-corrected chi connectivity index (χ1v) is 28.4. The molecule has 0 radical (unpaired) electrons. The van der Waals surface area contributed by atoms with Gasteiger partial charge in [0.25, 0.3) is 0 Å². The van der Waals surface area contributed by atoms with Gasteiger partial charge in [-0.3, -0.25) is 18.6 Å². The first kappa shape index (κ1) is 62.4. The van der Waals surface area contributed by atoms with E-state index in [1.807, 2.05) is 0 Å². The van der Waals surface area contributed by atoms with Crippen LogP contribution in [0.5, 0.6) is 0 Å². The average molecular weight is 928 g/mol. The molecule has 0 saturated heterocycles. The highest BCUT2D eigenvalue weighted by atomic mass is 31.2. The summed E-state index contributed by atoms with van der Waals surface area (Å²) < 4.78 is 33.6. The molecule has 0 aliphatic rings. The van der Waals surface area contributed by atoms with E-state index in [0.29, 0.717) is 13.0 Å². The van der Waals surface area contributed by atoms with Gasteiger partial charge in [-0.1, -0.05) is 237 Å². The summed E-state index contributed by atoms with van der Waals surface area (Å²) in [6, 6.07) is -1.47. The third kappa shape index (κ3) is 48.4. The minimum atomic E-state index is -4.62. The van der Waals surface area contributed by atoms with E-state index in [-0.39, 0.29) is 13.0 Å². The van der Waals surface area contributed by atoms with Crippen molar-refractivity contribution in [1.29, 1.82) is 0 Å². The predicted octanol–water partition coefficient (Wildman–Crippen LogP) is 15.8. The first-order chi connectivity index (χ1) is 31.2. The van der Waals surface area contributed by atoms with Crippen LogP contribution in [0.15, 0.2) is 24.3 Å². The van der Waals surface area contributed by atoms with E-state index < -0.39 is 45.1 Å². The number of phosphoric ester groups is 1. The van der Waals surface area contributed by atoms with Crippen LogP contribution in [0, 0.1) is 0 Å². The number of ether oxygens (including phenoxy) is 2. The lowest BCUT2D eigenvalue weighted by Crippen LogP contribution is -2.34. The monoisotopic (exact) mass is 928 g/mol. The molecule has 0 aromatic rings. The molecule has 0 bridgehead atoms. The van der Waals surface area contributed by atoms with Crippen LogP contribution in [-0.2, 0) is 32.7 Å². The van der Waals surface area contributed by atoms with Crippen LogP contribution in [0.25, 0.3) is 0 Å². The van der Waals surface area contributed by atoms with E-state index in [4.69, 9.17) is 29.4 Å². The molecule has 0 fully saturated rings. The molecule has 0 aliphatic heterocycles. The smallest absolute Gasteiger partial charge is 0.472 e. The van der Waals surface area contributed by atoms with Gasteiger partial charge in [0.15, 0.2) is 0 Å². The van der Waals surface area contributed by atoms with Gasteiger partial charge in [-0.25, -0.2) is 4.57 Å². The Labute approximate surface area is 394 Å². The van der Waals surface area contributed by atoms with E-state index in [9.17, 15) is 19.0 Å². The highest BCUT2D eigenvalue weighted by Crippen LogP contribution is 2.43. The SMILES string of the molecule is CCCCCCC/C=C\C/C=C\CCCCCCCCCCCCCC(=O)OC(COCCCCCCCCCCCCCCCCCCCCC)COP(=O)(O)OCC(N)C(=O)O. The second-order valence-corrected chi connectivity index (χ2v) is 19.8. The molecule has 0 rings (SSSR count). The van der Waals surface area contributed by atoms with Crippen LogP contribution in [0.4, 0.5) is 0 Å². The molecule has 64 heavy (non-hydrogen) atoms. The zero-order valence-corrected chi connectivity index (χ0v) is 42.5. The molecule has 11 heteroatoms. The predicted molar refractivity (Wildman–Crippen MR) is 268 cm³/mol. The van der Waals surface area contributed by atoms with E-state index in [1.165, 1.54) is 193 Å². The molecular weight excluding hydrogens is 826 g/mol. The molecule has 3 atom stereocenters. The molecule has 0 aromatic heterocycles. The second-order valence-electron chi connectivity index (χ2n) is 18.4. The highest BCUT2D eigenvalue weighted by Gasteiger charge is 2.27. The molecule has 4 N–H and O–H groups in total. The third-order valence-corrected chi connectivity index (χ3v) is 12.9. The number of hydrogen-bond acceptors (Lipinski definition) is 8. The van der Waals surface area contributed by atoms with Crippen molar-refractivity contribution in [3.63, 3.8) is 0 Å². The van der Waals surface area contributed by atoms with Crippen molar-refractivity contribution >= 4 is 19.8 Å². The summed E-state index contributed by atoms with van der Waals surface area (Å²) in [5, 5.41) is 8.94. The quantitative estimate of drug-likeness (QED) is 0.0232. The van der Waals surface area contributed by atoms with Crippen LogP contribution < -0.4 is 5.73 Å². The Bertz CT molecular complexity index is 1120. The maximum atomic E-state index is 12.7. The van der Waals surface area contributed by atoms with Gasteiger partial charge >= 0.3 is 19.8 Å². The number of phosphoric acid groups is 1. The Balaban J connectivity index is 4.08. The minimum Gasteiger partial charge on any atom is -0.480 e. The summed E-state index contributed by atoms with van der Waals surface area (Å²) in [6.07, 6.45) is 56.6. The van der Waals surface area contributed by atoms with Gasteiger partial charge < -0.3 is 25.2 Å². The summed E-state index contributed by atoms with van der Waals surface area (Å²) in [7, 11) is -4.62. The van der Waals surface area contributed by atoms with Gasteiger partial charge in [-0.2, -0.15) is 0 Å². The van der Waals surface area contributed by atoms with Crippen LogP contribution in [0.1, 0.15) is 264 Å². The Hall–Kier alpha value is -1.55. The zero-order chi connectivity index (χ0) is 46.9. The van der Waals surface area contributed by atoms with Gasteiger partial charge in [0.05, 0.1) is 19.8 Å². The lowest BCUT2D eigenvalue weighted by atomic mass is 10.0. The molecular formula is C53H102NO9P. The molecule has 378 valence electrons. The molecule has 0 aromatic carbocycles. The number of allylic oxidation sites excluding steroid dienone is 4. The van der Waals surface area contributed by atoms with Gasteiger partial charge in [-0.15, -0.1) is 0 Å². The molecule has 10 nitrogen and oxygen atoms in total. The maximum absolute atomic E-state index is 12.7. The number of carbonyl (C=O) groups excluding carboxylic acids is 1. The number of carbonyl (C=O) groups is 2. The number of unbranched alkanes of at least 4 members (excludes halogenated alkanes) is 34. The summed E-state index contributed by atoms with van der Waals surface area (Å²) in [4.78, 5) is 33.7. The second kappa shape index (κ2) is 49.4. The number of carboxylic acids is 1. The fraction of sp³-hybridized carbons (Fsp3) is 0.887. The van der Waals surface area contributed by atoms with E-state index in [0.717, 1.165) is 44.9 Å². The Kier molecular flexibility index (Phi) is 48.2. The van der Waals surface area contributed by atoms with E-state index in [1.54, 1.807) is 0 Å². The zero-order valence-electron chi connectivity index (χ0n) is 41.6. The van der Waals surface area contributed by atoms with Crippen LogP contribution in [0.3, 0.4) is 0 Å². The number of esters is 1. The van der Waals surface area contributed by atoms with Crippen LogP contribution in [-0.4, -0.2) is 60.5 Å². The molecule has 0 saturated carbocycles. The summed E-state index contributed by atoms with van der Waals surface area (Å²) in [5.74, 6) is -1.77. The normalized spacial score (nSPS) is 13.8. The minimum absolute atomic E-state index is 0.0215. The van der Waals surface area contributed by atoms with E-state index >= 15 is 0 Å². The fourth-order valence-electron chi connectivity index (χ4n) is 7.81. The van der Waals surface area contributed by atoms with Crippen molar-refractivity contribution in [2.75, 3.05) is 26.4 Å². The van der Waals surface area contributed by atoms with Gasteiger partial charge in [0, 0.05) is 13.0 Å². The van der Waals surface area contributed by atoms with Crippen molar-refractivity contribution in [2.24, 2.45) is 5.73 Å². The standard InChI is InChI=1S/C53H102NO9P/c1-3-5-7-9-11-13-15-17-19-21-23-24-25-26-27-29-31-33-35-37-39-41-43-45-52(55)63-50(48-61-64(58,59)62-49-51(54)53(56)57)47-60-46-44-42-40-38-36-34-32-30-28-22-20-18-16-14-12-10-8-6-4-2/h15,17,21,23,50-51H,3-14,16,18-20,22,24-49,54H2,1-2H3,(H,56,57)(H,58,59)/b17-15-,23-21-. The number of aliphatic carboxylic acids is 1. The topological polar surface area (TPSA) is 155 Å². The van der Waals surface area contributed by atoms with Crippen molar-refractivity contribution in [2.45, 2.75) is 276 Å². The Morgan fingerprint density at radius 3 is 1.27 bits per heavy atom. The summed E-state index contributed by atoms with van der Waals surface area (Å²) in [5.41, 5.74) is 5.38. The lowest BCUT2D eigenvalue weighted by molar-refractivity contribution is -0.154. The largest absolute Gasteiger partial charge is 0.480 e. The molecule has 0 amide bonds. The van der Waals surface area contributed by atoms with Gasteiger partial charge in [-0.05, 0) is 44.9 Å². The number of nitrogens with two attached hydrogens (primary N) is 1. The lowest BCUT2D eigenvalue weighted by Gasteiger charge is -2.20. The number of rotatable bonds is 52. The first-order valence-electron chi connectivity index (χ1n) is 26.9.